The molecule has 18 heavy (non-hydrogen) atoms. The standard InChI is InChI=1S/C14H17NO3/c16-10-12(15-13(17)8-9-14(15)18)7-6-11-4-2-1-3-5-11/h1-5,12,16H,6-10H2/t12-/m0/s1. The molecule has 1 aromatic rings. The van der Waals surface area contributed by atoms with E-state index in [1.807, 2.05) is 30.3 Å². The van der Waals surface area contributed by atoms with Crippen LogP contribution in [0.3, 0.4) is 0 Å². The van der Waals surface area contributed by atoms with E-state index in [4.69, 9.17) is 0 Å². The Labute approximate surface area is 106 Å². The van der Waals surface area contributed by atoms with Gasteiger partial charge in [-0.1, -0.05) is 30.3 Å². The number of benzene rings is 1. The van der Waals surface area contributed by atoms with Gasteiger partial charge in [0, 0.05) is 12.8 Å². The van der Waals surface area contributed by atoms with Crippen molar-refractivity contribution in [2.75, 3.05) is 6.61 Å². The zero-order chi connectivity index (χ0) is 13.0. The van der Waals surface area contributed by atoms with E-state index in [2.05, 4.69) is 0 Å². The molecule has 96 valence electrons. The predicted octanol–water partition coefficient (Wildman–Crippen LogP) is 1.13. The fourth-order valence-corrected chi connectivity index (χ4v) is 2.28. The molecule has 0 spiro atoms. The van der Waals surface area contributed by atoms with Gasteiger partial charge in [-0.05, 0) is 18.4 Å². The number of likely N-dealkylation sites (tertiary alicyclic amines) is 1. The maximum absolute atomic E-state index is 11.6. The molecule has 1 heterocycles. The van der Waals surface area contributed by atoms with Gasteiger partial charge in [-0.2, -0.15) is 0 Å². The van der Waals surface area contributed by atoms with Gasteiger partial charge in [-0.25, -0.2) is 0 Å². The molecule has 0 bridgehead atoms. The number of hydrogen-bond acceptors (Lipinski definition) is 3. The van der Waals surface area contributed by atoms with Crippen LogP contribution in [-0.4, -0.2) is 34.5 Å². The summed E-state index contributed by atoms with van der Waals surface area (Å²) in [6.07, 6.45) is 1.92. The van der Waals surface area contributed by atoms with Crippen molar-refractivity contribution >= 4 is 11.8 Å². The van der Waals surface area contributed by atoms with E-state index >= 15 is 0 Å². The highest BCUT2D eigenvalue weighted by Gasteiger charge is 2.34. The zero-order valence-electron chi connectivity index (χ0n) is 10.2. The summed E-state index contributed by atoms with van der Waals surface area (Å²) in [5.41, 5.74) is 1.15. The molecule has 1 fully saturated rings. The fourth-order valence-electron chi connectivity index (χ4n) is 2.28. The molecule has 4 heteroatoms. The molecule has 1 N–H and O–H groups in total. The smallest absolute Gasteiger partial charge is 0.230 e. The van der Waals surface area contributed by atoms with Crippen LogP contribution in [0.2, 0.25) is 0 Å². The van der Waals surface area contributed by atoms with E-state index in [-0.39, 0.29) is 37.3 Å². The Kier molecular flexibility index (Phi) is 4.10. The second-order valence-electron chi connectivity index (χ2n) is 4.52. The largest absolute Gasteiger partial charge is 0.394 e. The molecule has 1 atom stereocenters. The highest BCUT2D eigenvalue weighted by molar-refractivity contribution is 6.02. The predicted molar refractivity (Wildman–Crippen MR) is 66.7 cm³/mol. The lowest BCUT2D eigenvalue weighted by atomic mass is 10.0. The first-order chi connectivity index (χ1) is 8.72. The zero-order valence-corrected chi connectivity index (χ0v) is 10.2. The first-order valence-electron chi connectivity index (χ1n) is 6.22. The number of imide groups is 1. The molecule has 1 aromatic carbocycles. The SMILES string of the molecule is O=C1CCC(=O)N1[C@H](CO)CCc1ccccc1. The van der Waals surface area contributed by atoms with Crippen LogP contribution in [0.5, 0.6) is 0 Å². The van der Waals surface area contributed by atoms with Crippen molar-refractivity contribution in [1.82, 2.24) is 4.90 Å². The van der Waals surface area contributed by atoms with Crippen LogP contribution < -0.4 is 0 Å². The summed E-state index contributed by atoms with van der Waals surface area (Å²) in [6.45, 7) is -0.162. The van der Waals surface area contributed by atoms with E-state index < -0.39 is 0 Å². The number of carbonyl (C=O) groups excluding carboxylic acids is 2. The molecule has 0 saturated carbocycles. The van der Waals surface area contributed by atoms with E-state index in [9.17, 15) is 14.7 Å². The highest BCUT2D eigenvalue weighted by atomic mass is 16.3. The molecule has 2 amide bonds. The molecule has 0 aromatic heterocycles. The molecule has 0 unspecified atom stereocenters. The minimum absolute atomic E-state index is 0.160. The molecule has 0 radical (unpaired) electrons. The van der Waals surface area contributed by atoms with Gasteiger partial charge in [0.1, 0.15) is 0 Å². The molecule has 4 nitrogen and oxygen atoms in total. The Morgan fingerprint density at radius 3 is 2.28 bits per heavy atom. The van der Waals surface area contributed by atoms with Crippen LogP contribution in [0.15, 0.2) is 30.3 Å². The molecular weight excluding hydrogens is 230 g/mol. The first-order valence-corrected chi connectivity index (χ1v) is 6.22. The molecule has 1 aliphatic rings. The summed E-state index contributed by atoms with van der Waals surface area (Å²) in [7, 11) is 0. The summed E-state index contributed by atoms with van der Waals surface area (Å²) < 4.78 is 0. The van der Waals surface area contributed by atoms with Crippen LogP contribution in [0, 0.1) is 0 Å². The average Bonchev–Trinajstić information content (AvgIpc) is 2.73. The summed E-state index contributed by atoms with van der Waals surface area (Å²) in [6, 6.07) is 9.47. The van der Waals surface area contributed by atoms with Crippen LogP contribution in [0.1, 0.15) is 24.8 Å². The molecule has 0 aliphatic carbocycles. The Hall–Kier alpha value is -1.68. The van der Waals surface area contributed by atoms with E-state index in [1.54, 1.807) is 0 Å². The van der Waals surface area contributed by atoms with Gasteiger partial charge in [0.25, 0.3) is 0 Å². The van der Waals surface area contributed by atoms with Gasteiger partial charge in [-0.3, -0.25) is 14.5 Å². The van der Waals surface area contributed by atoms with Crippen molar-refractivity contribution in [2.45, 2.75) is 31.7 Å². The maximum atomic E-state index is 11.6. The lowest BCUT2D eigenvalue weighted by Gasteiger charge is -2.24. The Morgan fingerprint density at radius 1 is 1.11 bits per heavy atom. The van der Waals surface area contributed by atoms with Crippen molar-refractivity contribution in [3.8, 4) is 0 Å². The lowest BCUT2D eigenvalue weighted by molar-refractivity contribution is -0.142. The van der Waals surface area contributed by atoms with Gasteiger partial charge in [0.2, 0.25) is 11.8 Å². The third-order valence-electron chi connectivity index (χ3n) is 3.28. The molecule has 1 aliphatic heterocycles. The normalized spacial score (nSPS) is 17.3. The highest BCUT2D eigenvalue weighted by Crippen LogP contribution is 2.18. The number of aliphatic hydroxyl groups is 1. The van der Waals surface area contributed by atoms with Crippen molar-refractivity contribution in [1.29, 1.82) is 0 Å². The first kappa shape index (κ1) is 12.8. The van der Waals surface area contributed by atoms with Gasteiger partial charge < -0.3 is 5.11 Å². The Balaban J connectivity index is 1.97. The number of aryl methyl sites for hydroxylation is 1. The van der Waals surface area contributed by atoms with E-state index in [0.717, 1.165) is 12.0 Å². The molecule has 2 rings (SSSR count). The number of hydrogen-bond donors (Lipinski definition) is 1. The minimum Gasteiger partial charge on any atom is -0.394 e. The quantitative estimate of drug-likeness (QED) is 0.793. The van der Waals surface area contributed by atoms with Gasteiger partial charge in [0.05, 0.1) is 12.6 Å². The third kappa shape index (κ3) is 2.76. The van der Waals surface area contributed by atoms with Crippen LogP contribution in [0.25, 0.3) is 0 Å². The summed E-state index contributed by atoms with van der Waals surface area (Å²) in [4.78, 5) is 24.4. The third-order valence-corrected chi connectivity index (χ3v) is 3.28. The fraction of sp³-hybridized carbons (Fsp3) is 0.429. The van der Waals surface area contributed by atoms with Crippen molar-refractivity contribution in [3.05, 3.63) is 35.9 Å². The van der Waals surface area contributed by atoms with Crippen molar-refractivity contribution < 1.29 is 14.7 Å². The summed E-state index contributed by atoms with van der Waals surface area (Å²) >= 11 is 0. The summed E-state index contributed by atoms with van der Waals surface area (Å²) in [5, 5.41) is 9.35. The van der Waals surface area contributed by atoms with Gasteiger partial charge in [-0.15, -0.1) is 0 Å². The Bertz CT molecular complexity index is 414. The maximum Gasteiger partial charge on any atom is 0.230 e. The van der Waals surface area contributed by atoms with E-state index in [1.165, 1.54) is 4.90 Å². The lowest BCUT2D eigenvalue weighted by Crippen LogP contribution is -2.42. The van der Waals surface area contributed by atoms with Crippen LogP contribution in [0.4, 0.5) is 0 Å². The van der Waals surface area contributed by atoms with Gasteiger partial charge >= 0.3 is 0 Å². The van der Waals surface area contributed by atoms with Crippen LogP contribution in [-0.2, 0) is 16.0 Å². The minimum atomic E-state index is -0.382. The molecule has 1 saturated heterocycles. The number of amides is 2. The Morgan fingerprint density at radius 2 is 1.72 bits per heavy atom. The number of aliphatic hydroxyl groups excluding tert-OH is 1. The second kappa shape index (κ2) is 5.78. The van der Waals surface area contributed by atoms with Gasteiger partial charge in [0.15, 0.2) is 0 Å². The summed E-state index contributed by atoms with van der Waals surface area (Å²) in [5.74, 6) is -0.320. The number of nitrogens with zero attached hydrogens (tertiary/aromatic N) is 1. The number of carbonyl (C=O) groups is 2. The average molecular weight is 247 g/mol. The molecular formula is C14H17NO3. The van der Waals surface area contributed by atoms with Crippen molar-refractivity contribution in [3.63, 3.8) is 0 Å². The topological polar surface area (TPSA) is 57.6 Å². The van der Waals surface area contributed by atoms with Crippen molar-refractivity contribution in [2.24, 2.45) is 0 Å². The number of rotatable bonds is 5. The van der Waals surface area contributed by atoms with Crippen LogP contribution >= 0.6 is 0 Å². The second-order valence-corrected chi connectivity index (χ2v) is 4.52. The monoisotopic (exact) mass is 247 g/mol. The van der Waals surface area contributed by atoms with E-state index in [0.29, 0.717) is 6.42 Å².